The topological polar surface area (TPSA) is 76.1 Å². The fourth-order valence-corrected chi connectivity index (χ4v) is 4.47. The lowest BCUT2D eigenvalue weighted by Gasteiger charge is -2.07. The largest absolute Gasteiger partial charge is 0.294 e. The van der Waals surface area contributed by atoms with Gasteiger partial charge in [0.1, 0.15) is 0 Å². The van der Waals surface area contributed by atoms with Crippen molar-refractivity contribution in [1.29, 1.82) is 0 Å². The Labute approximate surface area is 171 Å². The number of Topliss-reactive ketones (excluding diaryl/α,β-unsaturated/α-hetero) is 1. The normalized spacial score (nSPS) is 11.3. The van der Waals surface area contributed by atoms with Gasteiger partial charge in [-0.3, -0.25) is 9.52 Å². The smallest absolute Gasteiger partial charge is 0.263 e. The van der Waals surface area contributed by atoms with E-state index < -0.39 is 10.0 Å². The third kappa shape index (κ3) is 5.07. The van der Waals surface area contributed by atoms with Crippen LogP contribution in [0.2, 0.25) is 10.0 Å². The Hall–Kier alpha value is -1.93. The minimum absolute atomic E-state index is 0.0683. The number of sulfonamides is 1. The summed E-state index contributed by atoms with van der Waals surface area (Å²) in [5.74, 6) is -0.0853. The van der Waals surface area contributed by atoms with Crippen LogP contribution in [0.25, 0.3) is 0 Å². The molecule has 0 aliphatic carbocycles. The van der Waals surface area contributed by atoms with E-state index in [2.05, 4.69) is 9.71 Å². The van der Waals surface area contributed by atoms with Crippen molar-refractivity contribution in [3.63, 3.8) is 0 Å². The van der Waals surface area contributed by atoms with Gasteiger partial charge < -0.3 is 0 Å². The molecule has 0 spiro atoms. The number of rotatable bonds is 7. The van der Waals surface area contributed by atoms with E-state index in [4.69, 9.17) is 23.2 Å². The first-order valence-electron chi connectivity index (χ1n) is 7.85. The molecule has 0 unspecified atom stereocenters. The van der Waals surface area contributed by atoms with Gasteiger partial charge >= 0.3 is 0 Å². The van der Waals surface area contributed by atoms with E-state index in [1.807, 2.05) is 6.07 Å². The Balaban J connectivity index is 1.65. The lowest BCUT2D eigenvalue weighted by atomic mass is 10.0. The van der Waals surface area contributed by atoms with Crippen LogP contribution >= 0.6 is 34.5 Å². The number of ketones is 1. The molecule has 0 saturated carbocycles. The SMILES string of the molecule is O=C(CCc1ccc(Cl)c(Cl)c1)c1ccc(S(=O)(=O)Nc2nccs2)cc1. The van der Waals surface area contributed by atoms with Gasteiger partial charge in [-0.2, -0.15) is 0 Å². The van der Waals surface area contributed by atoms with E-state index in [0.29, 0.717) is 22.0 Å². The molecule has 9 heteroatoms. The highest BCUT2D eigenvalue weighted by atomic mass is 35.5. The van der Waals surface area contributed by atoms with Crippen LogP contribution in [0, 0.1) is 0 Å². The molecule has 140 valence electrons. The zero-order chi connectivity index (χ0) is 19.4. The molecule has 0 aliphatic heterocycles. The molecule has 3 aromatic rings. The van der Waals surface area contributed by atoms with Crippen molar-refractivity contribution in [3.05, 3.63) is 75.2 Å². The fraction of sp³-hybridized carbons (Fsp3) is 0.111. The van der Waals surface area contributed by atoms with Crippen molar-refractivity contribution in [2.75, 3.05) is 4.72 Å². The first-order valence-corrected chi connectivity index (χ1v) is 11.0. The van der Waals surface area contributed by atoms with Crippen LogP contribution in [0.1, 0.15) is 22.3 Å². The summed E-state index contributed by atoms with van der Waals surface area (Å²) in [4.78, 5) is 16.3. The minimum Gasteiger partial charge on any atom is -0.294 e. The van der Waals surface area contributed by atoms with Crippen LogP contribution < -0.4 is 4.72 Å². The number of halogens is 2. The number of hydrogen-bond donors (Lipinski definition) is 1. The number of thiazole rings is 1. The average molecular weight is 441 g/mol. The van der Waals surface area contributed by atoms with Gasteiger partial charge in [0.15, 0.2) is 10.9 Å². The molecule has 1 heterocycles. The monoisotopic (exact) mass is 440 g/mol. The first-order chi connectivity index (χ1) is 12.8. The van der Waals surface area contributed by atoms with Crippen LogP contribution in [0.3, 0.4) is 0 Å². The van der Waals surface area contributed by atoms with E-state index in [1.165, 1.54) is 41.8 Å². The molecular weight excluding hydrogens is 427 g/mol. The van der Waals surface area contributed by atoms with Crippen LogP contribution in [0.5, 0.6) is 0 Å². The molecule has 3 rings (SSSR count). The molecule has 0 amide bonds. The van der Waals surface area contributed by atoms with Crippen molar-refractivity contribution in [1.82, 2.24) is 4.98 Å². The first kappa shape index (κ1) is 19.8. The van der Waals surface area contributed by atoms with Crippen molar-refractivity contribution < 1.29 is 13.2 Å². The third-order valence-corrected chi connectivity index (χ3v) is 6.68. The lowest BCUT2D eigenvalue weighted by Crippen LogP contribution is -2.13. The second-order valence-corrected chi connectivity index (χ2v) is 9.03. The third-order valence-electron chi connectivity index (χ3n) is 3.77. The van der Waals surface area contributed by atoms with Crippen molar-refractivity contribution in [2.24, 2.45) is 0 Å². The Kier molecular flexibility index (Phi) is 6.16. The van der Waals surface area contributed by atoms with E-state index >= 15 is 0 Å². The summed E-state index contributed by atoms with van der Waals surface area (Å²) < 4.78 is 27.0. The minimum atomic E-state index is -3.73. The molecule has 0 bridgehead atoms. The van der Waals surface area contributed by atoms with Crippen molar-refractivity contribution >= 4 is 55.5 Å². The number of nitrogens with one attached hydrogen (secondary N) is 1. The molecule has 27 heavy (non-hydrogen) atoms. The number of carbonyl (C=O) groups is 1. The molecule has 0 fully saturated rings. The summed E-state index contributed by atoms with van der Waals surface area (Å²) in [6, 6.07) is 11.1. The van der Waals surface area contributed by atoms with Gasteiger partial charge in [-0.05, 0) is 36.2 Å². The molecule has 0 atom stereocenters. The molecule has 0 saturated heterocycles. The Bertz CT molecular complexity index is 1050. The number of aryl methyl sites for hydroxylation is 1. The lowest BCUT2D eigenvalue weighted by molar-refractivity contribution is 0.0982. The summed E-state index contributed by atoms with van der Waals surface area (Å²) in [5.41, 5.74) is 1.35. The summed E-state index contributed by atoms with van der Waals surface area (Å²) in [6.07, 6.45) is 2.31. The number of hydrogen-bond acceptors (Lipinski definition) is 5. The van der Waals surface area contributed by atoms with Crippen LogP contribution in [-0.4, -0.2) is 19.2 Å². The predicted octanol–water partition coefficient (Wildman–Crippen LogP) is 5.07. The molecule has 0 radical (unpaired) electrons. The summed E-state index contributed by atoms with van der Waals surface area (Å²) in [7, 11) is -3.73. The van der Waals surface area contributed by atoms with Crippen LogP contribution in [0.4, 0.5) is 5.13 Å². The van der Waals surface area contributed by atoms with Crippen molar-refractivity contribution in [2.45, 2.75) is 17.7 Å². The highest BCUT2D eigenvalue weighted by Crippen LogP contribution is 2.24. The van der Waals surface area contributed by atoms with Crippen molar-refractivity contribution in [3.8, 4) is 0 Å². The Morgan fingerprint density at radius 2 is 1.81 bits per heavy atom. The maximum atomic E-state index is 12.4. The van der Waals surface area contributed by atoms with Gasteiger partial charge in [-0.1, -0.05) is 41.4 Å². The zero-order valence-corrected chi connectivity index (χ0v) is 17.0. The molecule has 5 nitrogen and oxygen atoms in total. The molecule has 1 aromatic heterocycles. The number of aromatic nitrogens is 1. The van der Waals surface area contributed by atoms with E-state index in [0.717, 1.165) is 5.56 Å². The standard InChI is InChI=1S/C18H14Cl2N2O3S2/c19-15-7-1-12(11-16(15)20)2-8-17(23)13-3-5-14(6-4-13)27(24,25)22-18-21-9-10-26-18/h1,3-7,9-11H,2,8H2,(H,21,22). The van der Waals surface area contributed by atoms with E-state index in [-0.39, 0.29) is 22.2 Å². The van der Waals surface area contributed by atoms with Crippen LogP contribution in [-0.2, 0) is 16.4 Å². The highest BCUT2D eigenvalue weighted by Gasteiger charge is 2.16. The summed E-state index contributed by atoms with van der Waals surface area (Å²) in [6.45, 7) is 0. The van der Waals surface area contributed by atoms with E-state index in [1.54, 1.807) is 17.5 Å². The molecule has 1 N–H and O–H groups in total. The van der Waals surface area contributed by atoms with Gasteiger partial charge in [0.05, 0.1) is 14.9 Å². The second kappa shape index (κ2) is 8.39. The quantitative estimate of drug-likeness (QED) is 0.520. The zero-order valence-electron chi connectivity index (χ0n) is 13.9. The molecular formula is C18H14Cl2N2O3S2. The van der Waals surface area contributed by atoms with Crippen LogP contribution in [0.15, 0.2) is 58.9 Å². The summed E-state index contributed by atoms with van der Waals surface area (Å²) >= 11 is 13.0. The van der Waals surface area contributed by atoms with Gasteiger partial charge in [-0.15, -0.1) is 11.3 Å². The molecule has 2 aromatic carbocycles. The van der Waals surface area contributed by atoms with Gasteiger partial charge in [0.2, 0.25) is 0 Å². The maximum Gasteiger partial charge on any atom is 0.263 e. The van der Waals surface area contributed by atoms with Gasteiger partial charge in [-0.25, -0.2) is 13.4 Å². The average Bonchev–Trinajstić information content (AvgIpc) is 3.15. The number of nitrogens with zero attached hydrogens (tertiary/aromatic N) is 1. The number of benzene rings is 2. The Morgan fingerprint density at radius 1 is 1.07 bits per heavy atom. The number of anilines is 1. The van der Waals surface area contributed by atoms with Gasteiger partial charge in [0.25, 0.3) is 10.0 Å². The van der Waals surface area contributed by atoms with Gasteiger partial charge in [0, 0.05) is 23.6 Å². The maximum absolute atomic E-state index is 12.4. The van der Waals surface area contributed by atoms with E-state index in [9.17, 15) is 13.2 Å². The number of carbonyl (C=O) groups excluding carboxylic acids is 1. The Morgan fingerprint density at radius 3 is 2.44 bits per heavy atom. The highest BCUT2D eigenvalue weighted by molar-refractivity contribution is 7.93. The molecule has 0 aliphatic rings. The predicted molar refractivity (Wildman–Crippen MR) is 108 cm³/mol. The fourth-order valence-electron chi connectivity index (χ4n) is 2.37. The second-order valence-electron chi connectivity index (χ2n) is 5.64. The summed E-state index contributed by atoms with van der Waals surface area (Å²) in [5, 5.41) is 2.88.